The van der Waals surface area contributed by atoms with Crippen LogP contribution in [0.15, 0.2) is 35.3 Å². The van der Waals surface area contributed by atoms with Gasteiger partial charge in [-0.05, 0) is 37.6 Å². The number of methoxy groups -OCH3 is 1. The molecule has 3 rings (SSSR count). The zero-order valence-electron chi connectivity index (χ0n) is 19.0. The molecule has 12 nitrogen and oxygen atoms in total. The van der Waals surface area contributed by atoms with Gasteiger partial charge in [0.25, 0.3) is 11.5 Å². The van der Waals surface area contributed by atoms with Crippen LogP contribution < -0.4 is 30.8 Å². The Morgan fingerprint density at radius 1 is 1.24 bits per heavy atom. The molecule has 3 aromatic rings. The molecule has 0 saturated carbocycles. The molecule has 4 N–H and O–H groups in total. The zero-order chi connectivity index (χ0) is 24.9. The van der Waals surface area contributed by atoms with Gasteiger partial charge in [-0.3, -0.25) is 19.5 Å². The number of anilines is 2. The van der Waals surface area contributed by atoms with Crippen LogP contribution in [0.3, 0.4) is 0 Å². The Bertz CT molecular complexity index is 1350. The van der Waals surface area contributed by atoms with E-state index in [2.05, 4.69) is 20.0 Å². The first-order chi connectivity index (χ1) is 16.1. The average molecular weight is 491 g/mol. The van der Waals surface area contributed by atoms with E-state index in [1.165, 1.54) is 30.0 Å². The Kier molecular flexibility index (Phi) is 7.68. The second-order valence-electron chi connectivity index (χ2n) is 7.27. The zero-order valence-corrected chi connectivity index (χ0v) is 19.8. The van der Waals surface area contributed by atoms with Crippen LogP contribution >= 0.6 is 0 Å². The van der Waals surface area contributed by atoms with Crippen molar-refractivity contribution in [3.05, 3.63) is 46.4 Å². The van der Waals surface area contributed by atoms with Crippen molar-refractivity contribution in [2.24, 2.45) is 0 Å². The monoisotopic (exact) mass is 490 g/mol. The first kappa shape index (κ1) is 24.9. The summed E-state index contributed by atoms with van der Waals surface area (Å²) in [4.78, 5) is 34.2. The van der Waals surface area contributed by atoms with Crippen LogP contribution in [0.2, 0.25) is 0 Å². The largest absolute Gasteiger partial charge is 0.491 e. The second kappa shape index (κ2) is 10.5. The van der Waals surface area contributed by atoms with Gasteiger partial charge in [0, 0.05) is 19.3 Å². The molecule has 34 heavy (non-hydrogen) atoms. The summed E-state index contributed by atoms with van der Waals surface area (Å²) in [5, 5.41) is 2.93. The first-order valence-electron chi connectivity index (χ1n) is 10.4. The minimum Gasteiger partial charge on any atom is -0.491 e. The SMILES string of the molecule is CCn1c(NC(=O)c2ccc(N)nc2)nc2c(OC)c(OCCCNS(C)(=O)=O)ccc2c1=O. The second-order valence-corrected chi connectivity index (χ2v) is 9.11. The highest BCUT2D eigenvalue weighted by atomic mass is 32.2. The molecule has 182 valence electrons. The van der Waals surface area contributed by atoms with Crippen molar-refractivity contribution in [3.63, 3.8) is 0 Å². The lowest BCUT2D eigenvalue weighted by molar-refractivity contribution is 0.102. The summed E-state index contributed by atoms with van der Waals surface area (Å²) in [5.41, 5.74) is 5.67. The highest BCUT2D eigenvalue weighted by Crippen LogP contribution is 2.34. The Morgan fingerprint density at radius 2 is 2.00 bits per heavy atom. The molecule has 0 radical (unpaired) electrons. The van der Waals surface area contributed by atoms with Gasteiger partial charge in [0.05, 0.1) is 30.9 Å². The van der Waals surface area contributed by atoms with E-state index in [-0.39, 0.29) is 59.2 Å². The number of fused-ring (bicyclic) bond motifs is 1. The van der Waals surface area contributed by atoms with Crippen LogP contribution in [0.5, 0.6) is 11.5 Å². The predicted molar refractivity (Wildman–Crippen MR) is 128 cm³/mol. The first-order valence-corrected chi connectivity index (χ1v) is 12.3. The van der Waals surface area contributed by atoms with E-state index >= 15 is 0 Å². The van der Waals surface area contributed by atoms with Gasteiger partial charge in [0.1, 0.15) is 11.3 Å². The minimum absolute atomic E-state index is 0.0367. The summed E-state index contributed by atoms with van der Waals surface area (Å²) in [6, 6.07) is 6.16. The van der Waals surface area contributed by atoms with Crippen molar-refractivity contribution in [1.82, 2.24) is 19.3 Å². The molecule has 13 heteroatoms. The minimum atomic E-state index is -3.28. The third-order valence-electron chi connectivity index (χ3n) is 4.78. The highest BCUT2D eigenvalue weighted by Gasteiger charge is 2.19. The molecule has 1 aromatic carbocycles. The van der Waals surface area contributed by atoms with E-state index in [1.54, 1.807) is 19.1 Å². The van der Waals surface area contributed by atoms with Gasteiger partial charge in [-0.15, -0.1) is 0 Å². The van der Waals surface area contributed by atoms with E-state index in [1.807, 2.05) is 0 Å². The Morgan fingerprint density at radius 3 is 2.62 bits per heavy atom. The number of aromatic nitrogens is 3. The van der Waals surface area contributed by atoms with E-state index in [0.717, 1.165) is 6.26 Å². The average Bonchev–Trinajstić information content (AvgIpc) is 2.78. The number of hydrogen-bond acceptors (Lipinski definition) is 9. The quantitative estimate of drug-likeness (QED) is 0.351. The van der Waals surface area contributed by atoms with Crippen molar-refractivity contribution in [1.29, 1.82) is 0 Å². The van der Waals surface area contributed by atoms with Crippen molar-refractivity contribution in [2.45, 2.75) is 19.9 Å². The molecule has 2 heterocycles. The van der Waals surface area contributed by atoms with Gasteiger partial charge in [-0.25, -0.2) is 23.1 Å². The molecule has 1 amide bonds. The molecule has 2 aromatic heterocycles. The normalized spacial score (nSPS) is 11.4. The summed E-state index contributed by atoms with van der Waals surface area (Å²) in [5.74, 6) is 0.352. The molecule has 0 aliphatic rings. The summed E-state index contributed by atoms with van der Waals surface area (Å²) in [6.45, 7) is 2.44. The van der Waals surface area contributed by atoms with Gasteiger partial charge in [0.15, 0.2) is 11.5 Å². The number of rotatable bonds is 10. The molecule has 0 bridgehead atoms. The van der Waals surface area contributed by atoms with Crippen molar-refractivity contribution in [2.75, 3.05) is 37.6 Å². The molecule has 0 aliphatic heterocycles. The van der Waals surface area contributed by atoms with E-state index in [0.29, 0.717) is 12.2 Å². The number of pyridine rings is 1. The Labute approximate surface area is 196 Å². The molecular weight excluding hydrogens is 464 g/mol. The smallest absolute Gasteiger partial charge is 0.262 e. The lowest BCUT2D eigenvalue weighted by Gasteiger charge is -2.16. The standard InChI is InChI=1S/C21H26N6O6S/c1-4-27-20(29)14-7-8-15(33-11-5-10-24-34(3,30)31)18(32-2)17(14)25-21(27)26-19(28)13-6-9-16(22)23-12-13/h6-9,12,24H,4-5,10-11H2,1-3H3,(H2,22,23)(H,25,26,28). The lowest BCUT2D eigenvalue weighted by Crippen LogP contribution is -2.27. The van der Waals surface area contributed by atoms with Gasteiger partial charge in [-0.2, -0.15) is 0 Å². The Hall–Kier alpha value is -3.71. The summed E-state index contributed by atoms with van der Waals surface area (Å²) < 4.78 is 37.2. The molecule has 0 saturated heterocycles. The number of hydrogen-bond donors (Lipinski definition) is 3. The number of sulfonamides is 1. The van der Waals surface area contributed by atoms with E-state index in [4.69, 9.17) is 15.2 Å². The van der Waals surface area contributed by atoms with Crippen LogP contribution in [0, 0.1) is 0 Å². The number of nitrogens with two attached hydrogens (primary N) is 1. The number of carbonyl (C=O) groups excluding carboxylic acids is 1. The van der Waals surface area contributed by atoms with Gasteiger partial charge in [0.2, 0.25) is 16.0 Å². The van der Waals surface area contributed by atoms with Gasteiger partial charge < -0.3 is 15.2 Å². The summed E-state index contributed by atoms with van der Waals surface area (Å²) >= 11 is 0. The maximum absolute atomic E-state index is 13.1. The fourth-order valence-corrected chi connectivity index (χ4v) is 3.68. The van der Waals surface area contributed by atoms with E-state index in [9.17, 15) is 18.0 Å². The van der Waals surface area contributed by atoms with Crippen LogP contribution in [0.4, 0.5) is 11.8 Å². The maximum atomic E-state index is 13.1. The summed E-state index contributed by atoms with van der Waals surface area (Å²) in [7, 11) is -1.87. The molecule has 0 aliphatic carbocycles. The van der Waals surface area contributed by atoms with Crippen LogP contribution in [-0.2, 0) is 16.6 Å². The number of amides is 1. The van der Waals surface area contributed by atoms with Gasteiger partial charge in [-0.1, -0.05) is 0 Å². The lowest BCUT2D eigenvalue weighted by atomic mass is 10.2. The number of ether oxygens (including phenoxy) is 2. The van der Waals surface area contributed by atoms with Crippen molar-refractivity contribution in [3.8, 4) is 11.5 Å². The van der Waals surface area contributed by atoms with E-state index < -0.39 is 15.9 Å². The molecule has 0 spiro atoms. The Balaban J connectivity index is 1.93. The molecule has 0 unspecified atom stereocenters. The van der Waals surface area contributed by atoms with Gasteiger partial charge >= 0.3 is 0 Å². The number of carbonyl (C=O) groups is 1. The molecular formula is C21H26N6O6S. The fourth-order valence-electron chi connectivity index (χ4n) is 3.17. The van der Waals surface area contributed by atoms with Crippen molar-refractivity contribution < 1.29 is 22.7 Å². The number of nitrogens with zero attached hydrogens (tertiary/aromatic N) is 3. The van der Waals surface area contributed by atoms with Crippen LogP contribution in [0.25, 0.3) is 10.9 Å². The summed E-state index contributed by atoms with van der Waals surface area (Å²) in [6.07, 6.45) is 2.82. The third-order valence-corrected chi connectivity index (χ3v) is 5.51. The van der Waals surface area contributed by atoms with Crippen LogP contribution in [-0.4, -0.2) is 55.4 Å². The topological polar surface area (TPSA) is 168 Å². The molecule has 0 fully saturated rings. The fraction of sp³-hybridized carbons (Fsp3) is 0.333. The third kappa shape index (κ3) is 5.80. The predicted octanol–water partition coefficient (Wildman–Crippen LogP) is 0.973. The maximum Gasteiger partial charge on any atom is 0.262 e. The highest BCUT2D eigenvalue weighted by molar-refractivity contribution is 7.88. The number of nitrogens with one attached hydrogen (secondary N) is 2. The van der Waals surface area contributed by atoms with Crippen LogP contribution in [0.1, 0.15) is 23.7 Å². The number of benzene rings is 1. The molecule has 0 atom stereocenters. The van der Waals surface area contributed by atoms with Crippen molar-refractivity contribution >= 4 is 38.6 Å². The number of nitrogen functional groups attached to an aromatic ring is 1.